The first kappa shape index (κ1) is 15.9. The van der Waals surface area contributed by atoms with Gasteiger partial charge in [0.05, 0.1) is 11.3 Å². The van der Waals surface area contributed by atoms with Crippen LogP contribution in [0.1, 0.15) is 13.3 Å². The predicted octanol–water partition coefficient (Wildman–Crippen LogP) is 2.39. The molecule has 5 N–H and O–H groups in total. The molecule has 24 heavy (non-hydrogen) atoms. The molecule has 0 aliphatic carbocycles. The third-order valence-electron chi connectivity index (χ3n) is 3.77. The number of nitrogens with zero attached hydrogens (tertiary/aromatic N) is 3. The second-order valence-corrected chi connectivity index (χ2v) is 5.52. The molecule has 1 atom stereocenters. The minimum absolute atomic E-state index is 0.0699. The van der Waals surface area contributed by atoms with Gasteiger partial charge in [-0.2, -0.15) is 5.10 Å². The van der Waals surface area contributed by atoms with E-state index >= 15 is 0 Å². The number of aromatic amines is 1. The molecule has 0 aliphatic heterocycles. The third-order valence-corrected chi connectivity index (χ3v) is 3.77. The molecular weight excluding hydrogens is 304 g/mol. The Labute approximate surface area is 140 Å². The lowest BCUT2D eigenvalue weighted by molar-refractivity contribution is 0.477. The molecule has 0 aliphatic rings. The summed E-state index contributed by atoms with van der Waals surface area (Å²) in [6.45, 7) is 2.67. The van der Waals surface area contributed by atoms with E-state index in [2.05, 4.69) is 25.5 Å². The van der Waals surface area contributed by atoms with Gasteiger partial charge >= 0.3 is 0 Å². The molecule has 0 radical (unpaired) electrons. The van der Waals surface area contributed by atoms with Crippen molar-refractivity contribution in [3.8, 4) is 28.4 Å². The van der Waals surface area contributed by atoms with Gasteiger partial charge in [-0.05, 0) is 36.8 Å². The molecule has 0 saturated carbocycles. The summed E-state index contributed by atoms with van der Waals surface area (Å²) in [6.07, 6.45) is 4.22. The average molecular weight is 324 g/mol. The number of rotatable bonds is 6. The van der Waals surface area contributed by atoms with Crippen LogP contribution >= 0.6 is 0 Å². The normalized spacial score (nSPS) is 12.1. The number of anilines is 1. The number of phenolic OH excluding ortho intramolecular Hbond substituents is 1. The minimum atomic E-state index is 0.0699. The van der Waals surface area contributed by atoms with Crippen molar-refractivity contribution >= 4 is 5.82 Å². The zero-order chi connectivity index (χ0) is 16.9. The number of hydrogen-bond donors (Lipinski definition) is 4. The second-order valence-electron chi connectivity index (χ2n) is 5.52. The van der Waals surface area contributed by atoms with Crippen molar-refractivity contribution in [1.82, 2.24) is 20.2 Å². The quantitative estimate of drug-likeness (QED) is 0.554. The zero-order valence-electron chi connectivity index (χ0n) is 13.4. The number of benzene rings is 1. The van der Waals surface area contributed by atoms with Crippen molar-refractivity contribution < 1.29 is 5.11 Å². The van der Waals surface area contributed by atoms with Crippen LogP contribution < -0.4 is 11.1 Å². The molecule has 124 valence electrons. The number of H-pyrrole nitrogens is 1. The monoisotopic (exact) mass is 324 g/mol. The second kappa shape index (κ2) is 7.10. The maximum absolute atomic E-state index is 10.2. The lowest BCUT2D eigenvalue weighted by atomic mass is 10.1. The average Bonchev–Trinajstić information content (AvgIpc) is 3.15. The van der Waals surface area contributed by atoms with Gasteiger partial charge in [-0.15, -0.1) is 0 Å². The summed E-state index contributed by atoms with van der Waals surface area (Å²) >= 11 is 0. The van der Waals surface area contributed by atoms with E-state index in [4.69, 9.17) is 5.73 Å². The summed E-state index contributed by atoms with van der Waals surface area (Å²) in [5.41, 5.74) is 8.23. The third kappa shape index (κ3) is 3.52. The summed E-state index contributed by atoms with van der Waals surface area (Å²) in [5, 5.41) is 20.2. The first-order valence-electron chi connectivity index (χ1n) is 7.83. The SMILES string of the molecule is CCC(N)CNc1ccnc(-c2cc(-c3ccn[nH]3)ccc2O)n1. The molecule has 0 bridgehead atoms. The van der Waals surface area contributed by atoms with Gasteiger partial charge in [-0.1, -0.05) is 6.92 Å². The number of nitrogens with one attached hydrogen (secondary N) is 2. The van der Waals surface area contributed by atoms with E-state index in [9.17, 15) is 5.11 Å². The molecule has 0 spiro atoms. The Kier molecular flexibility index (Phi) is 4.72. The molecule has 0 saturated heterocycles. The van der Waals surface area contributed by atoms with Gasteiger partial charge in [0.1, 0.15) is 11.6 Å². The molecule has 3 rings (SSSR count). The number of aromatic hydroxyl groups is 1. The Morgan fingerprint density at radius 3 is 2.88 bits per heavy atom. The maximum atomic E-state index is 10.2. The fourth-order valence-corrected chi connectivity index (χ4v) is 2.27. The first-order chi connectivity index (χ1) is 11.7. The van der Waals surface area contributed by atoms with Gasteiger partial charge in [0.15, 0.2) is 5.82 Å². The Balaban J connectivity index is 1.90. The summed E-state index contributed by atoms with van der Waals surface area (Å²) < 4.78 is 0. The van der Waals surface area contributed by atoms with E-state index in [1.165, 1.54) is 0 Å². The summed E-state index contributed by atoms with van der Waals surface area (Å²) in [5.74, 6) is 1.25. The van der Waals surface area contributed by atoms with Crippen molar-refractivity contribution in [1.29, 1.82) is 0 Å². The fraction of sp³-hybridized carbons (Fsp3) is 0.235. The van der Waals surface area contributed by atoms with Crippen LogP contribution in [0, 0.1) is 0 Å². The Hall–Kier alpha value is -2.93. The van der Waals surface area contributed by atoms with E-state index in [0.29, 0.717) is 23.8 Å². The van der Waals surface area contributed by atoms with Crippen LogP contribution in [0.25, 0.3) is 22.6 Å². The van der Waals surface area contributed by atoms with E-state index in [1.54, 1.807) is 24.5 Å². The van der Waals surface area contributed by atoms with Crippen molar-refractivity contribution in [2.45, 2.75) is 19.4 Å². The molecule has 3 aromatic rings. The number of hydrogen-bond acceptors (Lipinski definition) is 6. The lowest BCUT2D eigenvalue weighted by Gasteiger charge is -2.12. The molecule has 2 heterocycles. The highest BCUT2D eigenvalue weighted by atomic mass is 16.3. The molecule has 2 aromatic heterocycles. The number of aromatic nitrogens is 4. The van der Waals surface area contributed by atoms with Gasteiger partial charge in [-0.3, -0.25) is 5.10 Å². The highest BCUT2D eigenvalue weighted by Crippen LogP contribution is 2.31. The molecule has 1 unspecified atom stereocenters. The lowest BCUT2D eigenvalue weighted by Crippen LogP contribution is -2.28. The largest absolute Gasteiger partial charge is 0.507 e. The van der Waals surface area contributed by atoms with Crippen molar-refractivity contribution in [2.75, 3.05) is 11.9 Å². The summed E-state index contributed by atoms with van der Waals surface area (Å²) in [6, 6.07) is 8.99. The standard InChI is InChI=1S/C17H20N6O/c1-2-12(18)10-20-16-6-7-19-17(22-16)13-9-11(3-4-15(13)24)14-5-8-21-23-14/h3-9,12,24H,2,10,18H2,1H3,(H,21,23)(H,19,20,22). The summed E-state index contributed by atoms with van der Waals surface area (Å²) in [4.78, 5) is 8.74. The Bertz CT molecular complexity index is 803. The van der Waals surface area contributed by atoms with Crippen LogP contribution in [0.15, 0.2) is 42.7 Å². The van der Waals surface area contributed by atoms with Gasteiger partial charge in [0.2, 0.25) is 0 Å². The van der Waals surface area contributed by atoms with E-state index in [-0.39, 0.29) is 11.8 Å². The molecule has 0 amide bonds. The van der Waals surface area contributed by atoms with E-state index in [1.807, 2.05) is 25.1 Å². The molecular formula is C17H20N6O. The zero-order valence-corrected chi connectivity index (χ0v) is 13.4. The van der Waals surface area contributed by atoms with Gasteiger partial charge in [-0.25, -0.2) is 9.97 Å². The van der Waals surface area contributed by atoms with E-state index in [0.717, 1.165) is 17.7 Å². The number of phenols is 1. The van der Waals surface area contributed by atoms with Crippen LogP contribution in [-0.2, 0) is 0 Å². The van der Waals surface area contributed by atoms with Gasteiger partial charge < -0.3 is 16.2 Å². The van der Waals surface area contributed by atoms with Crippen molar-refractivity contribution in [2.24, 2.45) is 5.73 Å². The Morgan fingerprint density at radius 1 is 1.25 bits per heavy atom. The topological polar surface area (TPSA) is 113 Å². The molecule has 0 fully saturated rings. The van der Waals surface area contributed by atoms with Crippen molar-refractivity contribution in [3.63, 3.8) is 0 Å². The minimum Gasteiger partial charge on any atom is -0.507 e. The highest BCUT2D eigenvalue weighted by molar-refractivity contribution is 5.73. The van der Waals surface area contributed by atoms with Crippen LogP contribution in [0.3, 0.4) is 0 Å². The van der Waals surface area contributed by atoms with E-state index < -0.39 is 0 Å². The highest BCUT2D eigenvalue weighted by Gasteiger charge is 2.11. The van der Waals surface area contributed by atoms with Crippen LogP contribution in [0.2, 0.25) is 0 Å². The fourth-order valence-electron chi connectivity index (χ4n) is 2.27. The smallest absolute Gasteiger partial charge is 0.165 e. The predicted molar refractivity (Wildman–Crippen MR) is 93.5 cm³/mol. The van der Waals surface area contributed by atoms with Crippen LogP contribution in [0.4, 0.5) is 5.82 Å². The van der Waals surface area contributed by atoms with Gasteiger partial charge in [0, 0.05) is 30.5 Å². The Morgan fingerprint density at radius 2 is 2.12 bits per heavy atom. The van der Waals surface area contributed by atoms with Crippen molar-refractivity contribution in [3.05, 3.63) is 42.7 Å². The molecule has 7 nitrogen and oxygen atoms in total. The summed E-state index contributed by atoms with van der Waals surface area (Å²) in [7, 11) is 0. The molecule has 7 heteroatoms. The maximum Gasteiger partial charge on any atom is 0.165 e. The number of nitrogens with two attached hydrogens (primary N) is 1. The van der Waals surface area contributed by atoms with Gasteiger partial charge in [0.25, 0.3) is 0 Å². The molecule has 1 aromatic carbocycles. The van der Waals surface area contributed by atoms with Crippen LogP contribution in [0.5, 0.6) is 5.75 Å². The van der Waals surface area contributed by atoms with Crippen LogP contribution in [-0.4, -0.2) is 37.9 Å². The first-order valence-corrected chi connectivity index (χ1v) is 7.83.